The number of nitrogens with two attached hydrogens (primary N) is 2. The summed E-state index contributed by atoms with van der Waals surface area (Å²) in [6, 6.07) is 5.20. The largest absolute Gasteiger partial charge is 0.457 e. The van der Waals surface area contributed by atoms with Crippen LogP contribution in [0.2, 0.25) is 0 Å². The molecule has 2 aromatic rings. The Morgan fingerprint density at radius 3 is 2.79 bits per heavy atom. The van der Waals surface area contributed by atoms with E-state index < -0.39 is 0 Å². The minimum absolute atomic E-state index is 0.244. The van der Waals surface area contributed by atoms with Gasteiger partial charge in [0.2, 0.25) is 0 Å². The van der Waals surface area contributed by atoms with Crippen LogP contribution in [-0.4, -0.2) is 5.21 Å². The van der Waals surface area contributed by atoms with Crippen molar-refractivity contribution in [2.75, 3.05) is 11.5 Å². The number of nitrogens with one attached hydrogen (secondary N) is 1. The van der Waals surface area contributed by atoms with E-state index in [4.69, 9.17) is 21.1 Å². The van der Waals surface area contributed by atoms with Crippen LogP contribution < -0.4 is 16.9 Å². The molecule has 5 heteroatoms. The lowest BCUT2D eigenvalue weighted by molar-refractivity contribution is 0.154. The van der Waals surface area contributed by atoms with Crippen LogP contribution in [0.4, 0.5) is 11.4 Å². The Kier molecular flexibility index (Phi) is 2.03. The molecule has 0 spiro atoms. The first-order valence-electron chi connectivity index (χ1n) is 4.15. The van der Waals surface area contributed by atoms with E-state index in [0.717, 1.165) is 5.39 Å². The van der Waals surface area contributed by atoms with Crippen molar-refractivity contribution in [3.05, 3.63) is 24.0 Å². The van der Waals surface area contributed by atoms with E-state index in [-0.39, 0.29) is 6.54 Å². The first-order chi connectivity index (χ1) is 6.70. The van der Waals surface area contributed by atoms with Gasteiger partial charge in [-0.05, 0) is 18.2 Å². The van der Waals surface area contributed by atoms with Gasteiger partial charge >= 0.3 is 0 Å². The third kappa shape index (κ3) is 1.39. The predicted octanol–water partition coefficient (Wildman–Crippen LogP) is 1.08. The second kappa shape index (κ2) is 3.21. The Labute approximate surface area is 80.3 Å². The summed E-state index contributed by atoms with van der Waals surface area (Å²) >= 11 is 0. The Bertz CT molecular complexity index is 464. The number of nitrogen functional groups attached to an aromatic ring is 2. The number of hydrogen-bond donors (Lipinski definition) is 4. The molecule has 0 amide bonds. The second-order valence-electron chi connectivity index (χ2n) is 3.08. The molecule has 74 valence electrons. The fraction of sp³-hybridized carbons (Fsp3) is 0.111. The van der Waals surface area contributed by atoms with Crippen molar-refractivity contribution in [2.24, 2.45) is 0 Å². The zero-order chi connectivity index (χ0) is 10.1. The first kappa shape index (κ1) is 8.86. The highest BCUT2D eigenvalue weighted by molar-refractivity contribution is 5.91. The maximum Gasteiger partial charge on any atom is 0.157 e. The van der Waals surface area contributed by atoms with E-state index in [1.165, 1.54) is 0 Å². The van der Waals surface area contributed by atoms with Crippen LogP contribution in [0.15, 0.2) is 22.6 Å². The van der Waals surface area contributed by atoms with Gasteiger partial charge in [-0.2, -0.15) is 5.48 Å². The molecule has 2 rings (SSSR count). The smallest absolute Gasteiger partial charge is 0.157 e. The molecule has 0 fully saturated rings. The molecule has 0 bridgehead atoms. The summed E-state index contributed by atoms with van der Waals surface area (Å²) in [5.41, 5.74) is 15.0. The zero-order valence-electron chi connectivity index (χ0n) is 7.45. The van der Waals surface area contributed by atoms with E-state index in [9.17, 15) is 0 Å². The fourth-order valence-electron chi connectivity index (χ4n) is 1.42. The lowest BCUT2D eigenvalue weighted by Crippen LogP contribution is -2.04. The summed E-state index contributed by atoms with van der Waals surface area (Å²) < 4.78 is 5.39. The minimum atomic E-state index is 0.244. The Morgan fingerprint density at radius 2 is 2.07 bits per heavy atom. The van der Waals surface area contributed by atoms with Gasteiger partial charge in [0.15, 0.2) is 5.58 Å². The fourth-order valence-corrected chi connectivity index (χ4v) is 1.42. The Hall–Kier alpha value is -1.72. The number of anilines is 2. The van der Waals surface area contributed by atoms with E-state index in [1.54, 1.807) is 18.2 Å². The molecule has 1 aromatic heterocycles. The van der Waals surface area contributed by atoms with Crippen LogP contribution in [0.3, 0.4) is 0 Å². The van der Waals surface area contributed by atoms with Crippen LogP contribution in [0.5, 0.6) is 0 Å². The number of hydrogen-bond acceptors (Lipinski definition) is 5. The van der Waals surface area contributed by atoms with Gasteiger partial charge in [-0.25, -0.2) is 0 Å². The molecule has 0 unspecified atom stereocenters. The highest BCUT2D eigenvalue weighted by Crippen LogP contribution is 2.27. The Balaban J connectivity index is 2.58. The summed E-state index contributed by atoms with van der Waals surface area (Å²) in [6.07, 6.45) is 0. The topological polar surface area (TPSA) is 97.4 Å². The standard InChI is InChI=1S/C9H11N3O2/c10-6-1-5-2-7(4-12-13)14-9(5)8(11)3-6/h1-3,12-13H,4,10-11H2. The number of benzene rings is 1. The van der Waals surface area contributed by atoms with Gasteiger partial charge in [-0.1, -0.05) is 0 Å². The quantitative estimate of drug-likeness (QED) is 0.422. The molecule has 5 nitrogen and oxygen atoms in total. The lowest BCUT2D eigenvalue weighted by Gasteiger charge is -1.96. The zero-order valence-corrected chi connectivity index (χ0v) is 7.45. The molecule has 0 aliphatic heterocycles. The van der Waals surface area contributed by atoms with Gasteiger partial charge in [0, 0.05) is 11.1 Å². The van der Waals surface area contributed by atoms with Crippen LogP contribution in [0, 0.1) is 0 Å². The van der Waals surface area contributed by atoms with Crippen LogP contribution in [-0.2, 0) is 6.54 Å². The molecule has 14 heavy (non-hydrogen) atoms. The van der Waals surface area contributed by atoms with E-state index in [2.05, 4.69) is 0 Å². The summed E-state index contributed by atoms with van der Waals surface area (Å²) in [6.45, 7) is 0.244. The SMILES string of the molecule is Nc1cc(N)c2oc(CNO)cc2c1. The summed E-state index contributed by atoms with van der Waals surface area (Å²) in [4.78, 5) is 0. The Morgan fingerprint density at radius 1 is 1.29 bits per heavy atom. The second-order valence-corrected chi connectivity index (χ2v) is 3.08. The van der Waals surface area contributed by atoms with Gasteiger partial charge < -0.3 is 21.1 Å². The highest BCUT2D eigenvalue weighted by atomic mass is 16.5. The predicted molar refractivity (Wildman–Crippen MR) is 53.7 cm³/mol. The third-order valence-corrected chi connectivity index (χ3v) is 1.97. The minimum Gasteiger partial charge on any atom is -0.457 e. The van der Waals surface area contributed by atoms with Crippen molar-refractivity contribution >= 4 is 22.3 Å². The average Bonchev–Trinajstić information content (AvgIpc) is 2.48. The maximum atomic E-state index is 8.50. The van der Waals surface area contributed by atoms with Gasteiger partial charge in [-0.15, -0.1) is 0 Å². The number of hydroxylamine groups is 1. The van der Waals surface area contributed by atoms with Gasteiger partial charge in [-0.3, -0.25) is 0 Å². The lowest BCUT2D eigenvalue weighted by atomic mass is 10.2. The van der Waals surface area contributed by atoms with E-state index in [0.29, 0.717) is 22.7 Å². The molecule has 0 aliphatic carbocycles. The molecule has 1 heterocycles. The average molecular weight is 193 g/mol. The molecular formula is C9H11N3O2. The summed E-state index contributed by atoms with van der Waals surface area (Å²) in [7, 11) is 0. The van der Waals surface area contributed by atoms with Gasteiger partial charge in [0.1, 0.15) is 5.76 Å². The molecule has 6 N–H and O–H groups in total. The van der Waals surface area contributed by atoms with Gasteiger partial charge in [0.05, 0.1) is 12.2 Å². The molecule has 0 saturated carbocycles. The maximum absolute atomic E-state index is 8.50. The van der Waals surface area contributed by atoms with Crippen LogP contribution in [0.1, 0.15) is 5.76 Å². The summed E-state index contributed by atoms with van der Waals surface area (Å²) in [5.74, 6) is 0.611. The summed E-state index contributed by atoms with van der Waals surface area (Å²) in [5, 5.41) is 9.34. The third-order valence-electron chi connectivity index (χ3n) is 1.97. The van der Waals surface area contributed by atoms with Gasteiger partial charge in [0.25, 0.3) is 0 Å². The number of fused-ring (bicyclic) bond motifs is 1. The van der Waals surface area contributed by atoms with Crippen molar-refractivity contribution in [1.82, 2.24) is 5.48 Å². The van der Waals surface area contributed by atoms with Crippen molar-refractivity contribution in [3.63, 3.8) is 0 Å². The first-order valence-corrected chi connectivity index (χ1v) is 4.15. The molecular weight excluding hydrogens is 182 g/mol. The number of rotatable bonds is 2. The van der Waals surface area contributed by atoms with Crippen LogP contribution >= 0.6 is 0 Å². The number of furan rings is 1. The molecule has 0 radical (unpaired) electrons. The molecule has 0 atom stereocenters. The van der Waals surface area contributed by atoms with Crippen molar-refractivity contribution in [3.8, 4) is 0 Å². The highest BCUT2D eigenvalue weighted by Gasteiger charge is 2.06. The van der Waals surface area contributed by atoms with E-state index >= 15 is 0 Å². The van der Waals surface area contributed by atoms with Crippen molar-refractivity contribution in [2.45, 2.75) is 6.54 Å². The monoisotopic (exact) mass is 193 g/mol. The van der Waals surface area contributed by atoms with Crippen molar-refractivity contribution in [1.29, 1.82) is 0 Å². The molecule has 0 aliphatic rings. The molecule has 0 saturated heterocycles. The molecule has 1 aromatic carbocycles. The normalized spacial score (nSPS) is 10.9. The van der Waals surface area contributed by atoms with E-state index in [1.807, 2.05) is 5.48 Å². The van der Waals surface area contributed by atoms with Crippen LogP contribution in [0.25, 0.3) is 11.0 Å². The van der Waals surface area contributed by atoms with Crippen molar-refractivity contribution < 1.29 is 9.62 Å².